The van der Waals surface area contributed by atoms with Gasteiger partial charge in [0.25, 0.3) is 0 Å². The van der Waals surface area contributed by atoms with Gasteiger partial charge < -0.3 is 19.4 Å². The largest absolute Gasteiger partial charge is 0.459 e. The summed E-state index contributed by atoms with van der Waals surface area (Å²) in [6, 6.07) is 0. The van der Waals surface area contributed by atoms with Gasteiger partial charge in [-0.2, -0.15) is 5.06 Å². The quantitative estimate of drug-likeness (QED) is 0.382. The highest BCUT2D eigenvalue weighted by atomic mass is 28.2. The Morgan fingerprint density at radius 2 is 1.74 bits per heavy atom. The number of esters is 1. The molecule has 0 amide bonds. The van der Waals surface area contributed by atoms with Gasteiger partial charge in [0.05, 0.1) is 23.9 Å². The van der Waals surface area contributed by atoms with Crippen LogP contribution in [0.15, 0.2) is 0 Å². The number of hydroxylamine groups is 2. The van der Waals surface area contributed by atoms with E-state index in [1.54, 1.807) is 5.06 Å². The minimum absolute atomic E-state index is 0.0363. The number of carbonyl (C=O) groups is 1. The summed E-state index contributed by atoms with van der Waals surface area (Å²) in [5.74, 6) is -0.0649. The van der Waals surface area contributed by atoms with Gasteiger partial charge in [0.15, 0.2) is 9.76 Å². The van der Waals surface area contributed by atoms with E-state index in [9.17, 15) is 15.0 Å². The summed E-state index contributed by atoms with van der Waals surface area (Å²) in [5, 5.41) is 21.8. The molecule has 0 bridgehead atoms. The van der Waals surface area contributed by atoms with Crippen LogP contribution in [0.1, 0.15) is 88.5 Å². The van der Waals surface area contributed by atoms with Crippen molar-refractivity contribution in [2.45, 2.75) is 122 Å². The number of hydrogen-bond acceptors (Lipinski definition) is 7. The number of aliphatic hydroxyl groups excluding tert-OH is 2. The molecule has 7 nitrogen and oxygen atoms in total. The summed E-state index contributed by atoms with van der Waals surface area (Å²) in [5.41, 5.74) is -1.72. The van der Waals surface area contributed by atoms with E-state index in [0.29, 0.717) is 18.8 Å². The second kappa shape index (κ2) is 10.6. The third-order valence-electron chi connectivity index (χ3n) is 5.31. The van der Waals surface area contributed by atoms with Gasteiger partial charge in [-0.15, -0.1) is 0 Å². The van der Waals surface area contributed by atoms with Crippen LogP contribution in [0.2, 0.25) is 5.04 Å². The lowest BCUT2D eigenvalue weighted by Gasteiger charge is -2.38. The van der Waals surface area contributed by atoms with Gasteiger partial charge in [0.2, 0.25) is 0 Å². The SMILES string of the molecule is CC(C)CC1(CC(O)CO)CC(C(C)(C)O[SiH2]C(C)(C)C)ON1CC(=O)OC(C)(C)C. The van der Waals surface area contributed by atoms with Gasteiger partial charge >= 0.3 is 5.97 Å². The van der Waals surface area contributed by atoms with Gasteiger partial charge in [-0.1, -0.05) is 34.6 Å². The molecule has 31 heavy (non-hydrogen) atoms. The van der Waals surface area contributed by atoms with Crippen molar-refractivity contribution in [1.82, 2.24) is 5.06 Å². The lowest BCUT2D eigenvalue weighted by atomic mass is 9.78. The van der Waals surface area contributed by atoms with Crippen molar-refractivity contribution >= 4 is 15.7 Å². The van der Waals surface area contributed by atoms with Crippen molar-refractivity contribution in [2.75, 3.05) is 13.2 Å². The highest BCUT2D eigenvalue weighted by molar-refractivity contribution is 6.31. The van der Waals surface area contributed by atoms with E-state index < -0.39 is 32.6 Å². The Morgan fingerprint density at radius 3 is 2.19 bits per heavy atom. The topological polar surface area (TPSA) is 88.5 Å². The average Bonchev–Trinajstić information content (AvgIpc) is 2.88. The maximum absolute atomic E-state index is 12.7. The van der Waals surface area contributed by atoms with E-state index in [-0.39, 0.29) is 30.3 Å². The Hall–Kier alpha value is -0.513. The smallest absolute Gasteiger partial charge is 0.323 e. The number of hydrogen-bond donors (Lipinski definition) is 2. The second-order valence-corrected chi connectivity index (χ2v) is 14.9. The fourth-order valence-corrected chi connectivity index (χ4v) is 5.02. The van der Waals surface area contributed by atoms with E-state index in [1.807, 2.05) is 34.6 Å². The fraction of sp³-hybridized carbons (Fsp3) is 0.957. The van der Waals surface area contributed by atoms with Gasteiger partial charge in [0.1, 0.15) is 18.2 Å². The number of rotatable bonds is 10. The second-order valence-electron chi connectivity index (χ2n) is 12.2. The fourth-order valence-electron chi connectivity index (χ4n) is 4.03. The summed E-state index contributed by atoms with van der Waals surface area (Å²) in [6.07, 6.45) is 0.477. The Bertz CT molecular complexity index is 584. The number of nitrogens with zero attached hydrogens (tertiary/aromatic N) is 1. The number of carbonyl (C=O) groups excluding carboxylic acids is 1. The minimum Gasteiger partial charge on any atom is -0.459 e. The summed E-state index contributed by atoms with van der Waals surface area (Å²) in [6.45, 7) is 20.0. The van der Waals surface area contributed by atoms with Crippen LogP contribution in [0, 0.1) is 5.92 Å². The van der Waals surface area contributed by atoms with Gasteiger partial charge in [0, 0.05) is 0 Å². The van der Waals surface area contributed by atoms with E-state index in [2.05, 4.69) is 34.6 Å². The minimum atomic E-state index is -0.893. The van der Waals surface area contributed by atoms with Crippen LogP contribution in [-0.4, -0.2) is 73.1 Å². The average molecular weight is 462 g/mol. The van der Waals surface area contributed by atoms with Crippen LogP contribution >= 0.6 is 0 Å². The molecule has 3 unspecified atom stereocenters. The van der Waals surface area contributed by atoms with Crippen LogP contribution in [0.25, 0.3) is 0 Å². The van der Waals surface area contributed by atoms with Crippen molar-refractivity contribution in [3.63, 3.8) is 0 Å². The van der Waals surface area contributed by atoms with Crippen molar-refractivity contribution < 1.29 is 29.0 Å². The number of aliphatic hydroxyl groups is 2. The zero-order valence-electron chi connectivity index (χ0n) is 21.4. The molecule has 0 saturated carbocycles. The predicted molar refractivity (Wildman–Crippen MR) is 125 cm³/mol. The highest BCUT2D eigenvalue weighted by Crippen LogP contribution is 2.44. The Balaban J connectivity index is 3.21. The first-order chi connectivity index (χ1) is 13.9. The standard InChI is InChI=1S/C23H47NO6Si/c1-16(2)11-23(12-17(26)15-25)13-18(22(9,10)30-31-21(6,7)8)29-24(23)14-19(27)28-20(3,4)5/h16-18,25-26H,11-15,31H2,1-10H3. The molecular formula is C23H47NO6Si. The Morgan fingerprint density at radius 1 is 1.16 bits per heavy atom. The van der Waals surface area contributed by atoms with E-state index in [4.69, 9.17) is 14.0 Å². The molecule has 0 aromatic rings. The lowest BCUT2D eigenvalue weighted by Crippen LogP contribution is -2.49. The first-order valence-electron chi connectivity index (χ1n) is 11.5. The summed E-state index contributed by atoms with van der Waals surface area (Å²) < 4.78 is 11.9. The molecule has 0 radical (unpaired) electrons. The molecule has 184 valence electrons. The molecule has 0 aliphatic carbocycles. The highest BCUT2D eigenvalue weighted by Gasteiger charge is 2.53. The van der Waals surface area contributed by atoms with Crippen LogP contribution in [0.3, 0.4) is 0 Å². The Kier molecular flexibility index (Phi) is 9.76. The molecule has 2 N–H and O–H groups in total. The van der Waals surface area contributed by atoms with Gasteiger partial charge in [-0.25, -0.2) is 0 Å². The third kappa shape index (κ3) is 9.48. The van der Waals surface area contributed by atoms with Crippen LogP contribution in [-0.2, 0) is 18.8 Å². The van der Waals surface area contributed by atoms with E-state index >= 15 is 0 Å². The maximum Gasteiger partial charge on any atom is 0.323 e. The third-order valence-corrected chi connectivity index (χ3v) is 7.06. The molecule has 1 heterocycles. The van der Waals surface area contributed by atoms with E-state index in [1.165, 1.54) is 0 Å². The van der Waals surface area contributed by atoms with E-state index in [0.717, 1.165) is 6.42 Å². The van der Waals surface area contributed by atoms with Crippen LogP contribution in [0.4, 0.5) is 0 Å². The summed E-state index contributed by atoms with van der Waals surface area (Å²) in [4.78, 5) is 19.1. The van der Waals surface area contributed by atoms with Crippen molar-refractivity contribution in [3.8, 4) is 0 Å². The molecular weight excluding hydrogens is 414 g/mol. The first-order valence-corrected chi connectivity index (χ1v) is 12.8. The summed E-state index contributed by atoms with van der Waals surface area (Å²) in [7, 11) is -0.814. The van der Waals surface area contributed by atoms with Crippen molar-refractivity contribution in [1.29, 1.82) is 0 Å². The maximum atomic E-state index is 12.7. The zero-order chi connectivity index (χ0) is 24.3. The molecule has 1 saturated heterocycles. The predicted octanol–water partition coefficient (Wildman–Crippen LogP) is 2.96. The molecule has 8 heteroatoms. The zero-order valence-corrected chi connectivity index (χ0v) is 22.9. The molecule has 0 aromatic carbocycles. The molecule has 0 spiro atoms. The van der Waals surface area contributed by atoms with Crippen molar-refractivity contribution in [2.24, 2.45) is 5.92 Å². The lowest BCUT2D eigenvalue weighted by molar-refractivity contribution is -0.228. The molecule has 1 aliphatic rings. The monoisotopic (exact) mass is 461 g/mol. The molecule has 0 aromatic heterocycles. The molecule has 1 rings (SSSR count). The van der Waals surface area contributed by atoms with Crippen molar-refractivity contribution in [3.05, 3.63) is 0 Å². The number of ether oxygens (including phenoxy) is 1. The van der Waals surface area contributed by atoms with Crippen LogP contribution < -0.4 is 0 Å². The molecule has 1 aliphatic heterocycles. The first kappa shape index (κ1) is 28.5. The molecule has 3 atom stereocenters. The normalized spacial score (nSPS) is 25.0. The Labute approximate surface area is 191 Å². The van der Waals surface area contributed by atoms with Gasteiger partial charge in [-0.05, 0) is 64.8 Å². The van der Waals surface area contributed by atoms with Gasteiger partial charge in [-0.3, -0.25) is 9.63 Å². The summed E-state index contributed by atoms with van der Waals surface area (Å²) >= 11 is 0. The molecule has 1 fully saturated rings. The van der Waals surface area contributed by atoms with Crippen LogP contribution in [0.5, 0.6) is 0 Å².